The van der Waals surface area contributed by atoms with Gasteiger partial charge in [-0.2, -0.15) is 0 Å². The van der Waals surface area contributed by atoms with Gasteiger partial charge >= 0.3 is 5.97 Å². The number of amides is 1. The summed E-state index contributed by atoms with van der Waals surface area (Å²) in [6.45, 7) is 2.19. The lowest BCUT2D eigenvalue weighted by atomic mass is 9.85. The highest BCUT2D eigenvalue weighted by atomic mass is 16.4. The van der Waals surface area contributed by atoms with Gasteiger partial charge in [0.25, 0.3) is 0 Å². The van der Waals surface area contributed by atoms with Crippen LogP contribution in [0.25, 0.3) is 0 Å². The Hall–Kier alpha value is -1.84. The average molecular weight is 289 g/mol. The van der Waals surface area contributed by atoms with Crippen LogP contribution in [0.1, 0.15) is 48.5 Å². The lowest BCUT2D eigenvalue weighted by Gasteiger charge is -2.36. The van der Waals surface area contributed by atoms with Gasteiger partial charge < -0.3 is 10.0 Å². The maximum Gasteiger partial charge on any atom is 0.335 e. The Morgan fingerprint density at radius 2 is 1.90 bits per heavy atom. The van der Waals surface area contributed by atoms with Crippen LogP contribution in [0.3, 0.4) is 0 Å². The molecule has 2 atom stereocenters. The third-order valence-corrected chi connectivity index (χ3v) is 4.55. The van der Waals surface area contributed by atoms with Crippen LogP contribution in [0.5, 0.6) is 0 Å². The van der Waals surface area contributed by atoms with E-state index in [1.54, 1.807) is 24.3 Å². The lowest BCUT2D eigenvalue weighted by molar-refractivity contribution is -0.132. The number of hydrogen-bond acceptors (Lipinski definition) is 2. The van der Waals surface area contributed by atoms with E-state index in [2.05, 4.69) is 6.92 Å². The number of rotatable bonds is 4. The predicted molar refractivity (Wildman–Crippen MR) is 81.3 cm³/mol. The Bertz CT molecular complexity index is 527. The summed E-state index contributed by atoms with van der Waals surface area (Å²) in [7, 11) is 1.85. The van der Waals surface area contributed by atoms with Crippen molar-refractivity contribution in [3.05, 3.63) is 35.4 Å². The fourth-order valence-electron chi connectivity index (χ4n) is 3.23. The fourth-order valence-corrected chi connectivity index (χ4v) is 3.23. The van der Waals surface area contributed by atoms with Gasteiger partial charge in [-0.1, -0.05) is 38.0 Å². The zero-order valence-electron chi connectivity index (χ0n) is 12.7. The van der Waals surface area contributed by atoms with E-state index in [4.69, 9.17) is 0 Å². The first kappa shape index (κ1) is 15.5. The van der Waals surface area contributed by atoms with E-state index in [1.165, 1.54) is 12.8 Å². The van der Waals surface area contributed by atoms with E-state index in [0.717, 1.165) is 12.8 Å². The van der Waals surface area contributed by atoms with Crippen molar-refractivity contribution in [2.45, 2.75) is 45.1 Å². The van der Waals surface area contributed by atoms with Gasteiger partial charge in [0.1, 0.15) is 0 Å². The molecule has 1 aromatic carbocycles. The minimum Gasteiger partial charge on any atom is -0.478 e. The van der Waals surface area contributed by atoms with E-state index >= 15 is 0 Å². The van der Waals surface area contributed by atoms with Crippen LogP contribution in [0.15, 0.2) is 24.3 Å². The van der Waals surface area contributed by atoms with Crippen molar-refractivity contribution in [3.8, 4) is 0 Å². The van der Waals surface area contributed by atoms with Gasteiger partial charge in [-0.15, -0.1) is 0 Å². The van der Waals surface area contributed by atoms with Crippen LogP contribution in [0, 0.1) is 5.92 Å². The Kier molecular flexibility index (Phi) is 4.99. The number of hydrogen-bond donors (Lipinski definition) is 1. The van der Waals surface area contributed by atoms with Crippen LogP contribution in [0.2, 0.25) is 0 Å². The van der Waals surface area contributed by atoms with Crippen molar-refractivity contribution in [2.75, 3.05) is 7.05 Å². The fraction of sp³-hybridized carbons (Fsp3) is 0.529. The monoisotopic (exact) mass is 289 g/mol. The van der Waals surface area contributed by atoms with E-state index in [0.29, 0.717) is 11.5 Å². The van der Waals surface area contributed by atoms with Crippen molar-refractivity contribution < 1.29 is 14.7 Å². The van der Waals surface area contributed by atoms with Gasteiger partial charge in [0.2, 0.25) is 5.91 Å². The highest BCUT2D eigenvalue weighted by Crippen LogP contribution is 2.27. The molecule has 0 saturated heterocycles. The molecule has 1 N–H and O–H groups in total. The number of carboxylic acid groups (broad SMARTS) is 1. The molecule has 2 unspecified atom stereocenters. The molecule has 0 heterocycles. The summed E-state index contributed by atoms with van der Waals surface area (Å²) >= 11 is 0. The number of carbonyl (C=O) groups excluding carboxylic acids is 1. The zero-order valence-corrected chi connectivity index (χ0v) is 12.7. The minimum atomic E-state index is -0.980. The molecular weight excluding hydrogens is 266 g/mol. The molecule has 114 valence electrons. The molecule has 0 aliphatic heterocycles. The van der Waals surface area contributed by atoms with Gasteiger partial charge in [0.05, 0.1) is 12.0 Å². The maximum atomic E-state index is 12.5. The van der Waals surface area contributed by atoms with E-state index in [9.17, 15) is 14.7 Å². The van der Waals surface area contributed by atoms with Gasteiger partial charge in [-0.3, -0.25) is 4.79 Å². The first-order valence-corrected chi connectivity index (χ1v) is 7.57. The van der Waals surface area contributed by atoms with Crippen molar-refractivity contribution >= 4 is 11.9 Å². The molecule has 1 amide bonds. The highest BCUT2D eigenvalue weighted by molar-refractivity contribution is 5.91. The Morgan fingerprint density at radius 3 is 2.57 bits per heavy atom. The first-order valence-electron chi connectivity index (χ1n) is 7.57. The smallest absolute Gasteiger partial charge is 0.335 e. The first-order chi connectivity index (χ1) is 10.0. The number of carboxylic acids is 1. The van der Waals surface area contributed by atoms with Gasteiger partial charge in [-0.25, -0.2) is 4.79 Å². The van der Waals surface area contributed by atoms with Crippen LogP contribution in [0.4, 0.5) is 0 Å². The molecule has 21 heavy (non-hydrogen) atoms. The zero-order chi connectivity index (χ0) is 15.4. The second-order valence-corrected chi connectivity index (χ2v) is 5.97. The van der Waals surface area contributed by atoms with Crippen molar-refractivity contribution in [3.63, 3.8) is 0 Å². The summed E-state index contributed by atoms with van der Waals surface area (Å²) in [6.07, 6.45) is 4.76. The van der Waals surface area contributed by atoms with Gasteiger partial charge in [-0.05, 0) is 30.4 Å². The number of benzene rings is 1. The second kappa shape index (κ2) is 6.74. The summed E-state index contributed by atoms with van der Waals surface area (Å²) in [5.41, 5.74) is 0.807. The Balaban J connectivity index is 2.09. The molecule has 1 aliphatic carbocycles. The van der Waals surface area contributed by atoms with Gasteiger partial charge in [0, 0.05) is 13.1 Å². The molecule has 2 rings (SSSR count). The average Bonchev–Trinajstić information content (AvgIpc) is 2.47. The standard InChI is InChI=1S/C17H23NO3/c1-12-7-3-6-10-15(12)18(2)16(19)11-13-8-4-5-9-14(13)17(20)21/h4-5,8-9,12,15H,3,6-7,10-11H2,1-2H3,(H,20,21). The van der Waals surface area contributed by atoms with E-state index < -0.39 is 5.97 Å². The summed E-state index contributed by atoms with van der Waals surface area (Å²) in [4.78, 5) is 25.5. The maximum absolute atomic E-state index is 12.5. The van der Waals surface area contributed by atoms with Gasteiger partial charge in [0.15, 0.2) is 0 Å². The van der Waals surface area contributed by atoms with E-state index in [1.807, 2.05) is 11.9 Å². The normalized spacial score (nSPS) is 21.8. The number of carbonyl (C=O) groups is 2. The van der Waals surface area contributed by atoms with Crippen molar-refractivity contribution in [1.82, 2.24) is 4.90 Å². The van der Waals surface area contributed by atoms with Crippen molar-refractivity contribution in [2.24, 2.45) is 5.92 Å². The number of likely N-dealkylation sites (N-methyl/N-ethyl adjacent to an activating group) is 1. The van der Waals surface area contributed by atoms with Crippen LogP contribution >= 0.6 is 0 Å². The molecule has 0 aromatic heterocycles. The molecule has 1 saturated carbocycles. The van der Waals surface area contributed by atoms with Crippen LogP contribution in [-0.2, 0) is 11.2 Å². The highest BCUT2D eigenvalue weighted by Gasteiger charge is 2.28. The quantitative estimate of drug-likeness (QED) is 0.927. The molecule has 0 spiro atoms. The lowest BCUT2D eigenvalue weighted by Crippen LogP contribution is -2.43. The molecule has 1 aliphatic rings. The number of aromatic carboxylic acids is 1. The third-order valence-electron chi connectivity index (χ3n) is 4.55. The molecule has 4 heteroatoms. The van der Waals surface area contributed by atoms with Crippen molar-refractivity contribution in [1.29, 1.82) is 0 Å². The summed E-state index contributed by atoms with van der Waals surface area (Å²) < 4.78 is 0. The summed E-state index contributed by atoms with van der Waals surface area (Å²) in [5.74, 6) is -0.461. The third kappa shape index (κ3) is 3.63. The molecule has 1 fully saturated rings. The Morgan fingerprint density at radius 1 is 1.24 bits per heavy atom. The Labute approximate surface area is 125 Å². The molecule has 0 radical (unpaired) electrons. The minimum absolute atomic E-state index is 0.00227. The molecule has 1 aromatic rings. The molecular formula is C17H23NO3. The molecule has 0 bridgehead atoms. The molecule has 4 nitrogen and oxygen atoms in total. The number of nitrogens with zero attached hydrogens (tertiary/aromatic N) is 1. The predicted octanol–water partition coefficient (Wildman–Crippen LogP) is 2.96. The van der Waals surface area contributed by atoms with E-state index in [-0.39, 0.29) is 23.9 Å². The largest absolute Gasteiger partial charge is 0.478 e. The summed E-state index contributed by atoms with van der Waals surface area (Å²) in [6, 6.07) is 7.01. The van der Waals surface area contributed by atoms with Crippen LogP contribution < -0.4 is 0 Å². The SMILES string of the molecule is CC1CCCCC1N(C)C(=O)Cc1ccccc1C(=O)O. The van der Waals surface area contributed by atoms with Crippen LogP contribution in [-0.4, -0.2) is 35.0 Å². The topological polar surface area (TPSA) is 57.6 Å². The second-order valence-electron chi connectivity index (χ2n) is 5.97. The summed E-state index contributed by atoms with van der Waals surface area (Å²) in [5, 5.41) is 9.18.